The fourth-order valence-corrected chi connectivity index (χ4v) is 5.06. The van der Waals surface area contributed by atoms with Gasteiger partial charge in [0.2, 0.25) is 5.88 Å². The number of carbonyl (C=O) groups is 1. The molecule has 4 aromatic rings. The van der Waals surface area contributed by atoms with Crippen molar-refractivity contribution >= 4 is 28.8 Å². The van der Waals surface area contributed by atoms with Gasteiger partial charge in [-0.05, 0) is 55.0 Å². The number of hydrogen-bond donors (Lipinski definition) is 1. The van der Waals surface area contributed by atoms with E-state index in [4.69, 9.17) is 22.1 Å². The van der Waals surface area contributed by atoms with Crippen molar-refractivity contribution < 1.29 is 22.7 Å². The smallest absolute Gasteiger partial charge is 0.418 e. The molecule has 12 heteroatoms. The number of ether oxygens (including phenoxy) is 1. The van der Waals surface area contributed by atoms with Gasteiger partial charge in [-0.1, -0.05) is 23.7 Å². The Morgan fingerprint density at radius 3 is 2.68 bits per heavy atom. The highest BCUT2D eigenvalue weighted by Crippen LogP contribution is 2.39. The fraction of sp³-hybridized carbons (Fsp3) is 0.308. The highest BCUT2D eigenvalue weighted by molar-refractivity contribution is 6.30. The van der Waals surface area contributed by atoms with Crippen molar-refractivity contribution in [3.05, 3.63) is 70.6 Å². The van der Waals surface area contributed by atoms with Gasteiger partial charge in [0.1, 0.15) is 17.4 Å². The molecule has 8 nitrogen and oxygen atoms in total. The van der Waals surface area contributed by atoms with E-state index in [0.717, 1.165) is 41.7 Å². The lowest BCUT2D eigenvalue weighted by Crippen LogP contribution is -2.40. The SMILES string of the molecule is COc1ncc(-c2cc(C(F)(F)F)c3c(N)ncnn23)cc1C(=O)N1CCCC(Cc2ccc(Cl)cc2)C1. The Bertz CT molecular complexity index is 1490. The van der Waals surface area contributed by atoms with Crippen molar-refractivity contribution in [2.24, 2.45) is 5.92 Å². The zero-order valence-corrected chi connectivity index (χ0v) is 21.1. The first-order chi connectivity index (χ1) is 18.2. The summed E-state index contributed by atoms with van der Waals surface area (Å²) in [7, 11) is 1.39. The molecule has 2 N–H and O–H groups in total. The van der Waals surface area contributed by atoms with Crippen molar-refractivity contribution in [3.8, 4) is 17.1 Å². The number of alkyl halides is 3. The van der Waals surface area contributed by atoms with E-state index in [1.165, 1.54) is 19.4 Å². The van der Waals surface area contributed by atoms with Gasteiger partial charge in [-0.2, -0.15) is 18.3 Å². The molecule has 1 unspecified atom stereocenters. The number of pyridine rings is 1. The number of nitrogens with zero attached hydrogens (tertiary/aromatic N) is 5. The van der Waals surface area contributed by atoms with Gasteiger partial charge < -0.3 is 15.4 Å². The first kappa shape index (κ1) is 25.8. The normalized spacial score (nSPS) is 16.1. The van der Waals surface area contributed by atoms with E-state index in [9.17, 15) is 18.0 Å². The number of benzene rings is 1. The van der Waals surface area contributed by atoms with Crippen LogP contribution in [0.25, 0.3) is 16.8 Å². The van der Waals surface area contributed by atoms with E-state index in [1.54, 1.807) is 4.90 Å². The van der Waals surface area contributed by atoms with Crippen molar-refractivity contribution in [1.29, 1.82) is 0 Å². The van der Waals surface area contributed by atoms with Crippen molar-refractivity contribution in [2.75, 3.05) is 25.9 Å². The molecule has 198 valence electrons. The highest BCUT2D eigenvalue weighted by Gasteiger charge is 2.37. The van der Waals surface area contributed by atoms with E-state index in [2.05, 4.69) is 15.1 Å². The Kier molecular flexibility index (Phi) is 6.87. The lowest BCUT2D eigenvalue weighted by Gasteiger charge is -2.33. The summed E-state index contributed by atoms with van der Waals surface area (Å²) in [5.74, 6) is -0.274. The average molecular weight is 545 g/mol. The third-order valence-corrected chi connectivity index (χ3v) is 6.95. The highest BCUT2D eigenvalue weighted by atomic mass is 35.5. The molecule has 1 aliphatic heterocycles. The predicted octanol–water partition coefficient (Wildman–Crippen LogP) is 5.15. The molecule has 3 aromatic heterocycles. The molecular weight excluding hydrogens is 521 g/mol. The summed E-state index contributed by atoms with van der Waals surface area (Å²) in [5.41, 5.74) is 6.05. The van der Waals surface area contributed by atoms with Crippen LogP contribution < -0.4 is 10.5 Å². The molecule has 5 rings (SSSR count). The van der Waals surface area contributed by atoms with Gasteiger partial charge in [0, 0.05) is 29.9 Å². The Morgan fingerprint density at radius 2 is 1.97 bits per heavy atom. The molecule has 1 amide bonds. The van der Waals surface area contributed by atoms with Crippen LogP contribution in [0.4, 0.5) is 19.0 Å². The second kappa shape index (κ2) is 10.1. The maximum Gasteiger partial charge on any atom is 0.418 e. The molecule has 38 heavy (non-hydrogen) atoms. The molecule has 0 bridgehead atoms. The maximum atomic E-state index is 13.8. The quantitative estimate of drug-likeness (QED) is 0.373. The number of rotatable bonds is 5. The number of halogens is 4. The standard InChI is InChI=1S/C26H24ClF3N6O2/c1-38-24-19(25(37)35-8-2-3-16(13-35)9-15-4-6-18(27)7-5-15)10-17(12-32-24)21-11-20(26(28,29)30)22-23(31)33-14-34-36(21)22/h4-7,10-12,14,16H,2-3,8-9,13H2,1H3,(H2,31,33,34). The molecule has 0 spiro atoms. The number of nitrogens with two attached hydrogens (primary N) is 1. The minimum absolute atomic E-state index is 0.0740. The van der Waals surface area contributed by atoms with E-state index in [0.29, 0.717) is 18.1 Å². The molecule has 0 aliphatic carbocycles. The number of amides is 1. The summed E-state index contributed by atoms with van der Waals surface area (Å²) in [6, 6.07) is 10.1. The summed E-state index contributed by atoms with van der Waals surface area (Å²) in [5, 5.41) is 4.65. The van der Waals surface area contributed by atoms with Gasteiger partial charge in [-0.15, -0.1) is 0 Å². The first-order valence-corrected chi connectivity index (χ1v) is 12.3. The molecule has 0 radical (unpaired) electrons. The lowest BCUT2D eigenvalue weighted by atomic mass is 9.91. The van der Waals surface area contributed by atoms with Crippen LogP contribution in [0.5, 0.6) is 5.88 Å². The minimum atomic E-state index is -4.69. The van der Waals surface area contributed by atoms with Crippen LogP contribution in [0.2, 0.25) is 5.02 Å². The third-order valence-electron chi connectivity index (χ3n) is 6.70. The molecule has 0 saturated carbocycles. The number of carbonyl (C=O) groups excluding carboxylic acids is 1. The molecule has 4 heterocycles. The molecule has 1 saturated heterocycles. The molecule has 1 aromatic carbocycles. The summed E-state index contributed by atoms with van der Waals surface area (Å²) < 4.78 is 47.7. The lowest BCUT2D eigenvalue weighted by molar-refractivity contribution is -0.136. The van der Waals surface area contributed by atoms with Gasteiger partial charge in [0.05, 0.1) is 18.4 Å². The fourth-order valence-electron chi connectivity index (χ4n) is 4.94. The largest absolute Gasteiger partial charge is 0.480 e. The topological polar surface area (TPSA) is 98.6 Å². The first-order valence-electron chi connectivity index (χ1n) is 11.9. The molecule has 1 atom stereocenters. The average Bonchev–Trinajstić information content (AvgIpc) is 3.31. The van der Waals surface area contributed by atoms with Crippen LogP contribution in [0.1, 0.15) is 34.3 Å². The summed E-state index contributed by atoms with van der Waals surface area (Å²) >= 11 is 5.99. The van der Waals surface area contributed by atoms with E-state index in [1.807, 2.05) is 24.3 Å². The van der Waals surface area contributed by atoms with Crippen molar-refractivity contribution in [1.82, 2.24) is 24.5 Å². The Hall–Kier alpha value is -3.86. The Balaban J connectivity index is 1.47. The van der Waals surface area contributed by atoms with Crippen LogP contribution in [0.15, 0.2) is 48.9 Å². The molecule has 1 aliphatic rings. The number of aromatic nitrogens is 4. The zero-order valence-electron chi connectivity index (χ0n) is 20.4. The Morgan fingerprint density at radius 1 is 1.21 bits per heavy atom. The van der Waals surface area contributed by atoms with Crippen molar-refractivity contribution in [2.45, 2.75) is 25.4 Å². The second-order valence-electron chi connectivity index (χ2n) is 9.22. The van der Waals surface area contributed by atoms with Gasteiger partial charge in [-0.3, -0.25) is 4.79 Å². The van der Waals surface area contributed by atoms with Crippen LogP contribution in [-0.4, -0.2) is 50.6 Å². The zero-order chi connectivity index (χ0) is 27.0. The Labute approximate surface area is 221 Å². The van der Waals surface area contributed by atoms with Gasteiger partial charge in [0.15, 0.2) is 5.82 Å². The van der Waals surface area contributed by atoms with Gasteiger partial charge >= 0.3 is 6.18 Å². The number of piperidine rings is 1. The number of fused-ring (bicyclic) bond motifs is 1. The predicted molar refractivity (Wildman–Crippen MR) is 136 cm³/mol. The molecule has 1 fully saturated rings. The summed E-state index contributed by atoms with van der Waals surface area (Å²) in [6.07, 6.45) is 0.327. The second-order valence-corrected chi connectivity index (χ2v) is 9.65. The van der Waals surface area contributed by atoms with Crippen LogP contribution >= 0.6 is 11.6 Å². The maximum absolute atomic E-state index is 13.8. The summed E-state index contributed by atoms with van der Waals surface area (Å²) in [4.78, 5) is 23.3. The van der Waals surface area contributed by atoms with E-state index >= 15 is 0 Å². The minimum Gasteiger partial charge on any atom is -0.480 e. The van der Waals surface area contributed by atoms with Crippen LogP contribution in [-0.2, 0) is 12.6 Å². The van der Waals surface area contributed by atoms with Gasteiger partial charge in [0.25, 0.3) is 5.91 Å². The number of methoxy groups -OCH3 is 1. The van der Waals surface area contributed by atoms with Crippen LogP contribution in [0.3, 0.4) is 0 Å². The number of likely N-dealkylation sites (tertiary alicyclic amines) is 1. The third kappa shape index (κ3) is 4.98. The van der Waals surface area contributed by atoms with E-state index in [-0.39, 0.29) is 45.9 Å². The number of hydrogen-bond acceptors (Lipinski definition) is 6. The number of nitrogen functional groups attached to an aromatic ring is 1. The number of anilines is 1. The van der Waals surface area contributed by atoms with Crippen molar-refractivity contribution in [3.63, 3.8) is 0 Å². The van der Waals surface area contributed by atoms with E-state index < -0.39 is 11.7 Å². The van der Waals surface area contributed by atoms with Crippen LogP contribution in [0, 0.1) is 5.92 Å². The monoisotopic (exact) mass is 544 g/mol. The summed E-state index contributed by atoms with van der Waals surface area (Å²) in [6.45, 7) is 1.09. The van der Waals surface area contributed by atoms with Gasteiger partial charge in [-0.25, -0.2) is 14.5 Å². The molecular formula is C26H24ClF3N6O2.